The highest BCUT2D eigenvalue weighted by Gasteiger charge is 2.44. The molecule has 2 aromatic heterocycles. The number of furan rings is 1. The molecule has 2 N–H and O–H groups in total. The number of carbonyl (C=O) groups is 2. The SMILES string of the molecule is NC(=O)C1(OC(=O)c2cnc(N3CCOCC3)cn2)CCC(CCN2CCC(c3coc4ccccc34)CC2)CC1. The topological polar surface area (TPSA) is 124 Å². The lowest BCUT2D eigenvalue weighted by atomic mass is 9.77. The Morgan fingerprint density at radius 2 is 1.76 bits per heavy atom. The molecule has 3 aromatic rings. The Hall–Kier alpha value is -3.50. The number of anilines is 1. The standard InChI is InChI=1S/C31H39N5O5/c32-30(38)31(41-29(37)26-19-34-28(20-33-26)36-15-17-39-18-16-36)10-5-22(6-11-31)7-12-35-13-8-23(9-14-35)25-21-40-27-4-2-1-3-24(25)27/h1-4,19-23H,5-18H2,(H2,32,38). The van der Waals surface area contributed by atoms with Crippen LogP contribution >= 0.6 is 0 Å². The minimum absolute atomic E-state index is 0.0802. The molecule has 0 bridgehead atoms. The van der Waals surface area contributed by atoms with E-state index < -0.39 is 17.5 Å². The van der Waals surface area contributed by atoms with Crippen molar-refractivity contribution in [2.75, 3.05) is 50.8 Å². The predicted octanol–water partition coefficient (Wildman–Crippen LogP) is 3.90. The van der Waals surface area contributed by atoms with Gasteiger partial charge in [-0.3, -0.25) is 4.79 Å². The number of amides is 1. The van der Waals surface area contributed by atoms with E-state index in [4.69, 9.17) is 19.6 Å². The van der Waals surface area contributed by atoms with E-state index in [1.165, 1.54) is 17.1 Å². The van der Waals surface area contributed by atoms with Crippen molar-refractivity contribution in [3.05, 3.63) is 54.2 Å². The number of nitrogens with zero attached hydrogens (tertiary/aromatic N) is 4. The Morgan fingerprint density at radius 3 is 2.46 bits per heavy atom. The van der Waals surface area contributed by atoms with E-state index >= 15 is 0 Å². The number of carbonyl (C=O) groups excluding carboxylic acids is 2. The van der Waals surface area contributed by atoms with Crippen molar-refractivity contribution >= 4 is 28.7 Å². The first-order valence-electron chi connectivity index (χ1n) is 14.9. The lowest BCUT2D eigenvalue weighted by Gasteiger charge is -2.38. The van der Waals surface area contributed by atoms with Crippen LogP contribution in [0.4, 0.5) is 5.82 Å². The maximum absolute atomic E-state index is 12.9. The van der Waals surface area contributed by atoms with Gasteiger partial charge in [0, 0.05) is 24.0 Å². The van der Waals surface area contributed by atoms with E-state index in [-0.39, 0.29) is 5.69 Å². The average molecular weight is 562 g/mol. The van der Waals surface area contributed by atoms with Crippen molar-refractivity contribution in [3.8, 4) is 0 Å². The molecule has 4 heterocycles. The van der Waals surface area contributed by atoms with Crippen molar-refractivity contribution in [2.24, 2.45) is 11.7 Å². The molecule has 6 rings (SSSR count). The first-order chi connectivity index (χ1) is 20.0. The Labute approximate surface area is 240 Å². The molecule has 0 spiro atoms. The van der Waals surface area contributed by atoms with Crippen molar-refractivity contribution in [3.63, 3.8) is 0 Å². The quantitative estimate of drug-likeness (QED) is 0.408. The molecule has 0 unspecified atom stereocenters. The zero-order valence-electron chi connectivity index (χ0n) is 23.5. The fourth-order valence-electron chi connectivity index (χ4n) is 6.59. The van der Waals surface area contributed by atoms with Crippen LogP contribution in [0.2, 0.25) is 0 Å². The minimum Gasteiger partial charge on any atom is -0.464 e. The summed E-state index contributed by atoms with van der Waals surface area (Å²) in [4.78, 5) is 38.7. The third-order valence-corrected chi connectivity index (χ3v) is 9.22. The van der Waals surface area contributed by atoms with Crippen molar-refractivity contribution in [2.45, 2.75) is 56.5 Å². The highest BCUT2D eigenvalue weighted by Crippen LogP contribution is 2.38. The maximum Gasteiger partial charge on any atom is 0.359 e. The third-order valence-electron chi connectivity index (χ3n) is 9.22. The summed E-state index contributed by atoms with van der Waals surface area (Å²) in [7, 11) is 0. The number of hydrogen-bond acceptors (Lipinski definition) is 9. The molecule has 218 valence electrons. The molecule has 0 radical (unpaired) electrons. The number of primary amides is 1. The molecule has 3 fully saturated rings. The van der Waals surface area contributed by atoms with Gasteiger partial charge in [-0.1, -0.05) is 18.2 Å². The van der Waals surface area contributed by atoms with Gasteiger partial charge < -0.3 is 29.4 Å². The number of hydrogen-bond donors (Lipinski definition) is 1. The van der Waals surface area contributed by atoms with Gasteiger partial charge in [0.25, 0.3) is 5.91 Å². The van der Waals surface area contributed by atoms with Gasteiger partial charge in [0.1, 0.15) is 11.4 Å². The highest BCUT2D eigenvalue weighted by molar-refractivity contribution is 5.92. The lowest BCUT2D eigenvalue weighted by molar-refractivity contribution is -0.142. The van der Waals surface area contributed by atoms with Crippen molar-refractivity contribution in [1.82, 2.24) is 14.9 Å². The summed E-state index contributed by atoms with van der Waals surface area (Å²) < 4.78 is 16.9. The molecule has 41 heavy (non-hydrogen) atoms. The molecule has 2 aliphatic heterocycles. The molecule has 1 amide bonds. The van der Waals surface area contributed by atoms with Gasteiger partial charge >= 0.3 is 5.97 Å². The fourth-order valence-corrected chi connectivity index (χ4v) is 6.59. The Balaban J connectivity index is 0.970. The molecule has 3 aliphatic rings. The molecular weight excluding hydrogens is 522 g/mol. The van der Waals surface area contributed by atoms with Gasteiger partial charge in [-0.15, -0.1) is 0 Å². The summed E-state index contributed by atoms with van der Waals surface area (Å²) in [6.07, 6.45) is 10.7. The lowest BCUT2D eigenvalue weighted by Crippen LogP contribution is -2.50. The number of nitrogens with two attached hydrogens (primary N) is 1. The summed E-state index contributed by atoms with van der Waals surface area (Å²) in [6, 6.07) is 8.28. The molecule has 1 aromatic carbocycles. The van der Waals surface area contributed by atoms with Crippen LogP contribution in [0, 0.1) is 5.92 Å². The van der Waals surface area contributed by atoms with Crippen LogP contribution < -0.4 is 10.6 Å². The number of piperidine rings is 1. The number of aromatic nitrogens is 2. The fraction of sp³-hybridized carbons (Fsp3) is 0.548. The summed E-state index contributed by atoms with van der Waals surface area (Å²) in [5.74, 6) is 0.460. The number of para-hydroxylation sites is 1. The summed E-state index contributed by atoms with van der Waals surface area (Å²) in [5, 5.41) is 1.24. The van der Waals surface area contributed by atoms with Gasteiger partial charge in [-0.05, 0) is 82.5 Å². The first-order valence-corrected chi connectivity index (χ1v) is 14.9. The van der Waals surface area contributed by atoms with Crippen LogP contribution in [0.1, 0.15) is 66.9 Å². The van der Waals surface area contributed by atoms with Crippen LogP contribution in [0.15, 0.2) is 47.3 Å². The van der Waals surface area contributed by atoms with Crippen LogP contribution in [-0.4, -0.2) is 78.3 Å². The zero-order valence-corrected chi connectivity index (χ0v) is 23.5. The van der Waals surface area contributed by atoms with E-state index in [0.29, 0.717) is 43.7 Å². The average Bonchev–Trinajstić information content (AvgIpc) is 3.46. The van der Waals surface area contributed by atoms with E-state index in [1.807, 2.05) is 18.4 Å². The van der Waals surface area contributed by atoms with E-state index in [1.54, 1.807) is 6.20 Å². The number of fused-ring (bicyclic) bond motifs is 1. The van der Waals surface area contributed by atoms with E-state index in [9.17, 15) is 9.59 Å². The third kappa shape index (κ3) is 6.08. The number of ether oxygens (including phenoxy) is 2. The van der Waals surface area contributed by atoms with Crippen LogP contribution in [0.25, 0.3) is 11.0 Å². The maximum atomic E-state index is 12.9. The second-order valence-corrected chi connectivity index (χ2v) is 11.6. The van der Waals surface area contributed by atoms with Crippen LogP contribution in [-0.2, 0) is 14.3 Å². The van der Waals surface area contributed by atoms with Gasteiger partial charge in [0.2, 0.25) is 0 Å². The van der Waals surface area contributed by atoms with Gasteiger partial charge in [-0.25, -0.2) is 14.8 Å². The Morgan fingerprint density at radius 1 is 1.00 bits per heavy atom. The van der Waals surface area contributed by atoms with Gasteiger partial charge in [0.05, 0.1) is 31.9 Å². The Bertz CT molecular complexity index is 1340. The summed E-state index contributed by atoms with van der Waals surface area (Å²) in [6.45, 7) is 5.91. The zero-order chi connectivity index (χ0) is 28.2. The molecular formula is C31H39N5O5. The molecule has 2 saturated heterocycles. The number of rotatable bonds is 8. The monoisotopic (exact) mass is 561 g/mol. The minimum atomic E-state index is -1.29. The summed E-state index contributed by atoms with van der Waals surface area (Å²) in [5.41, 5.74) is 6.89. The van der Waals surface area contributed by atoms with E-state index in [2.05, 4.69) is 31.9 Å². The predicted molar refractivity (Wildman–Crippen MR) is 154 cm³/mol. The van der Waals surface area contributed by atoms with Crippen molar-refractivity contribution < 1.29 is 23.5 Å². The van der Waals surface area contributed by atoms with Crippen molar-refractivity contribution in [1.29, 1.82) is 0 Å². The van der Waals surface area contributed by atoms with E-state index in [0.717, 1.165) is 70.4 Å². The largest absolute Gasteiger partial charge is 0.464 e. The number of esters is 1. The Kier molecular flexibility index (Phi) is 8.20. The first kappa shape index (κ1) is 27.7. The molecule has 1 saturated carbocycles. The molecule has 10 heteroatoms. The number of benzene rings is 1. The number of likely N-dealkylation sites (tertiary alicyclic amines) is 1. The van der Waals surface area contributed by atoms with Gasteiger partial charge in [0.15, 0.2) is 11.3 Å². The normalized spacial score (nSPS) is 24.4. The molecule has 1 aliphatic carbocycles. The second-order valence-electron chi connectivity index (χ2n) is 11.6. The summed E-state index contributed by atoms with van der Waals surface area (Å²) >= 11 is 0. The second kappa shape index (κ2) is 12.2. The van der Waals surface area contributed by atoms with Crippen LogP contribution in [0.5, 0.6) is 0 Å². The van der Waals surface area contributed by atoms with Gasteiger partial charge in [-0.2, -0.15) is 0 Å². The van der Waals surface area contributed by atoms with Crippen LogP contribution in [0.3, 0.4) is 0 Å². The smallest absolute Gasteiger partial charge is 0.359 e. The number of morpholine rings is 1. The molecule has 0 atom stereocenters. The highest BCUT2D eigenvalue weighted by atomic mass is 16.6. The molecule has 10 nitrogen and oxygen atoms in total.